The maximum Gasteiger partial charge on any atom is 0.344 e. The number of para-hydroxylation sites is 2. The first kappa shape index (κ1) is 20.4. The Kier molecular flexibility index (Phi) is 4.42. The van der Waals surface area contributed by atoms with E-state index in [9.17, 15) is 9.59 Å². The predicted octanol–water partition coefficient (Wildman–Crippen LogP) is 7.54. The molecular weight excluding hydrogens is 448 g/mol. The molecule has 0 saturated heterocycles. The fraction of sp³-hybridized carbons (Fsp3) is 0. The van der Waals surface area contributed by atoms with Gasteiger partial charge in [0.15, 0.2) is 0 Å². The highest BCUT2D eigenvalue weighted by atomic mass is 16.4. The monoisotopic (exact) mass is 466 g/mol. The Balaban J connectivity index is 1.66. The van der Waals surface area contributed by atoms with E-state index in [1.165, 1.54) is 0 Å². The molecule has 7 aromatic rings. The molecule has 0 fully saturated rings. The molecule has 0 atom stereocenters. The van der Waals surface area contributed by atoms with Crippen molar-refractivity contribution in [2.45, 2.75) is 0 Å². The summed E-state index contributed by atoms with van der Waals surface area (Å²) in [6.07, 6.45) is 0. The molecule has 4 heteroatoms. The summed E-state index contributed by atoms with van der Waals surface area (Å²) in [5.74, 6) is 0. The van der Waals surface area contributed by atoms with Gasteiger partial charge < -0.3 is 8.83 Å². The summed E-state index contributed by atoms with van der Waals surface area (Å²) in [5, 5.41) is 5.14. The van der Waals surface area contributed by atoms with E-state index in [1.807, 2.05) is 97.1 Å². The van der Waals surface area contributed by atoms with Crippen LogP contribution in [0.25, 0.3) is 65.7 Å². The number of hydrogen-bond donors (Lipinski definition) is 0. The Hall–Kier alpha value is -4.96. The van der Waals surface area contributed by atoms with Crippen molar-refractivity contribution in [2.24, 2.45) is 0 Å². The number of benzene rings is 5. The van der Waals surface area contributed by atoms with Gasteiger partial charge in [-0.15, -0.1) is 0 Å². The number of hydrogen-bond acceptors (Lipinski definition) is 4. The van der Waals surface area contributed by atoms with Gasteiger partial charge in [0.25, 0.3) is 0 Å². The zero-order valence-electron chi connectivity index (χ0n) is 19.0. The lowest BCUT2D eigenvalue weighted by molar-refractivity contribution is 0.563. The lowest BCUT2D eigenvalue weighted by Gasteiger charge is -2.16. The van der Waals surface area contributed by atoms with Crippen molar-refractivity contribution in [2.75, 3.05) is 0 Å². The van der Waals surface area contributed by atoms with Crippen LogP contribution in [0.3, 0.4) is 0 Å². The van der Waals surface area contributed by atoms with Crippen molar-refractivity contribution in [3.05, 3.63) is 130 Å². The second-order valence-electron chi connectivity index (χ2n) is 8.81. The first-order valence-corrected chi connectivity index (χ1v) is 11.7. The van der Waals surface area contributed by atoms with E-state index in [0.717, 1.165) is 43.4 Å². The fourth-order valence-electron chi connectivity index (χ4n) is 5.18. The lowest BCUT2D eigenvalue weighted by atomic mass is 9.86. The van der Waals surface area contributed by atoms with Gasteiger partial charge in [-0.25, -0.2) is 9.59 Å². The third-order valence-electron chi connectivity index (χ3n) is 6.75. The number of fused-ring (bicyclic) bond motifs is 4. The van der Waals surface area contributed by atoms with Crippen molar-refractivity contribution in [3.63, 3.8) is 0 Å². The SMILES string of the molecule is O=c1oc2ccccc2cc1-c1c2ccccc2c(-c2cc3ccccc3oc2=O)c2ccccc12. The Morgan fingerprint density at radius 1 is 0.417 bits per heavy atom. The smallest absolute Gasteiger partial charge is 0.344 e. The Bertz CT molecular complexity index is 1890. The van der Waals surface area contributed by atoms with Gasteiger partial charge in [0.1, 0.15) is 11.2 Å². The third-order valence-corrected chi connectivity index (χ3v) is 6.75. The molecule has 0 saturated carbocycles. The van der Waals surface area contributed by atoms with Crippen LogP contribution in [-0.4, -0.2) is 0 Å². The van der Waals surface area contributed by atoms with Gasteiger partial charge in [0.2, 0.25) is 0 Å². The van der Waals surface area contributed by atoms with Gasteiger partial charge in [-0.2, -0.15) is 0 Å². The topological polar surface area (TPSA) is 60.4 Å². The maximum atomic E-state index is 13.2. The second kappa shape index (κ2) is 7.79. The molecule has 0 amide bonds. The fourth-order valence-corrected chi connectivity index (χ4v) is 5.18. The van der Waals surface area contributed by atoms with E-state index in [-0.39, 0.29) is 0 Å². The molecule has 0 unspecified atom stereocenters. The van der Waals surface area contributed by atoms with E-state index in [1.54, 1.807) is 12.1 Å². The Morgan fingerprint density at radius 2 is 0.750 bits per heavy atom. The van der Waals surface area contributed by atoms with Gasteiger partial charge in [0.05, 0.1) is 11.1 Å². The van der Waals surface area contributed by atoms with E-state index in [2.05, 4.69) is 0 Å². The molecule has 2 aromatic heterocycles. The second-order valence-corrected chi connectivity index (χ2v) is 8.81. The quantitative estimate of drug-likeness (QED) is 0.195. The van der Waals surface area contributed by atoms with E-state index in [0.29, 0.717) is 22.3 Å². The minimum absolute atomic E-state index is 0.401. The summed E-state index contributed by atoms with van der Waals surface area (Å²) < 4.78 is 11.4. The van der Waals surface area contributed by atoms with Gasteiger partial charge >= 0.3 is 11.3 Å². The largest absolute Gasteiger partial charge is 0.422 e. The van der Waals surface area contributed by atoms with Crippen molar-refractivity contribution in [1.82, 2.24) is 0 Å². The number of rotatable bonds is 2. The lowest BCUT2D eigenvalue weighted by Crippen LogP contribution is -2.06. The average molecular weight is 466 g/mol. The summed E-state index contributed by atoms with van der Waals surface area (Å²) in [6.45, 7) is 0. The normalized spacial score (nSPS) is 11.6. The van der Waals surface area contributed by atoms with Crippen LogP contribution in [-0.2, 0) is 0 Å². The summed E-state index contributed by atoms with van der Waals surface area (Å²) >= 11 is 0. The summed E-state index contributed by atoms with van der Waals surface area (Å²) in [5.41, 5.74) is 2.83. The first-order chi connectivity index (χ1) is 17.7. The molecule has 170 valence electrons. The van der Waals surface area contributed by atoms with Crippen LogP contribution in [0, 0.1) is 0 Å². The van der Waals surface area contributed by atoms with E-state index < -0.39 is 11.3 Å². The van der Waals surface area contributed by atoms with Crippen LogP contribution in [0.15, 0.2) is 128 Å². The van der Waals surface area contributed by atoms with Gasteiger partial charge in [0, 0.05) is 21.9 Å². The molecule has 36 heavy (non-hydrogen) atoms. The summed E-state index contributed by atoms with van der Waals surface area (Å²) in [6, 6.07) is 34.5. The van der Waals surface area contributed by atoms with Crippen LogP contribution in [0.2, 0.25) is 0 Å². The van der Waals surface area contributed by atoms with Crippen LogP contribution in [0.4, 0.5) is 0 Å². The van der Waals surface area contributed by atoms with Crippen molar-refractivity contribution >= 4 is 43.5 Å². The predicted molar refractivity (Wildman–Crippen MR) is 144 cm³/mol. The Morgan fingerprint density at radius 3 is 1.14 bits per heavy atom. The van der Waals surface area contributed by atoms with Crippen LogP contribution >= 0.6 is 0 Å². The van der Waals surface area contributed by atoms with Crippen LogP contribution in [0.5, 0.6) is 0 Å². The standard InChI is InChI=1S/C32H18O4/c33-31-25(17-19-9-1-7-15-27(19)35-31)29-21-11-3-5-13-23(21)30(24-14-6-4-12-22(24)29)26-18-20-10-2-8-16-28(20)36-32(26)34/h1-18H. The molecule has 0 spiro atoms. The highest BCUT2D eigenvalue weighted by Crippen LogP contribution is 2.42. The first-order valence-electron chi connectivity index (χ1n) is 11.7. The average Bonchev–Trinajstić information content (AvgIpc) is 2.91. The maximum absolute atomic E-state index is 13.2. The highest BCUT2D eigenvalue weighted by Gasteiger charge is 2.21. The molecule has 2 heterocycles. The van der Waals surface area contributed by atoms with E-state index >= 15 is 0 Å². The highest BCUT2D eigenvalue weighted by molar-refractivity contribution is 6.21. The van der Waals surface area contributed by atoms with Crippen molar-refractivity contribution < 1.29 is 8.83 Å². The third kappa shape index (κ3) is 3.01. The molecule has 0 radical (unpaired) electrons. The molecule has 0 bridgehead atoms. The van der Waals surface area contributed by atoms with Crippen molar-refractivity contribution in [3.8, 4) is 22.3 Å². The van der Waals surface area contributed by atoms with E-state index in [4.69, 9.17) is 8.83 Å². The van der Waals surface area contributed by atoms with Crippen molar-refractivity contribution in [1.29, 1.82) is 0 Å². The van der Waals surface area contributed by atoms with Crippen LogP contribution in [0.1, 0.15) is 0 Å². The minimum Gasteiger partial charge on any atom is -0.422 e. The molecule has 5 aromatic carbocycles. The van der Waals surface area contributed by atoms with Gasteiger partial charge in [-0.1, -0.05) is 84.9 Å². The molecule has 0 N–H and O–H groups in total. The zero-order valence-corrected chi connectivity index (χ0v) is 19.0. The molecule has 0 aliphatic rings. The van der Waals surface area contributed by atoms with Crippen LogP contribution < -0.4 is 11.3 Å². The van der Waals surface area contributed by atoms with Gasteiger partial charge in [-0.3, -0.25) is 0 Å². The Labute approximate surface area is 204 Å². The molecular formula is C32H18O4. The van der Waals surface area contributed by atoms with Gasteiger partial charge in [-0.05, 0) is 45.8 Å². The zero-order chi connectivity index (χ0) is 24.2. The molecule has 0 aliphatic carbocycles. The molecule has 7 rings (SSSR count). The summed E-state index contributed by atoms with van der Waals surface area (Å²) in [4.78, 5) is 26.5. The molecule has 4 nitrogen and oxygen atoms in total. The molecule has 0 aliphatic heterocycles. The summed E-state index contributed by atoms with van der Waals surface area (Å²) in [7, 11) is 0. The minimum atomic E-state index is -0.401.